The van der Waals surface area contributed by atoms with Gasteiger partial charge in [-0.3, -0.25) is 0 Å². The van der Waals surface area contributed by atoms with Crippen LogP contribution in [0.15, 0.2) is 18.5 Å². The van der Waals surface area contributed by atoms with E-state index < -0.39 is 11.6 Å². The molecule has 0 aliphatic rings. The zero-order valence-corrected chi connectivity index (χ0v) is 10.3. The van der Waals surface area contributed by atoms with E-state index in [2.05, 4.69) is 4.98 Å². The molecule has 0 radical (unpaired) electrons. The molecule has 18 heavy (non-hydrogen) atoms. The second kappa shape index (κ2) is 5.91. The lowest BCUT2D eigenvalue weighted by Gasteiger charge is -2.04. The van der Waals surface area contributed by atoms with Crippen molar-refractivity contribution in [3.63, 3.8) is 0 Å². The van der Waals surface area contributed by atoms with Crippen LogP contribution in [0.2, 0.25) is 0 Å². The monoisotopic (exact) mass is 254 g/mol. The molecule has 5 heteroatoms. The first kappa shape index (κ1) is 13.0. The van der Waals surface area contributed by atoms with Gasteiger partial charge < -0.3 is 9.30 Å². The van der Waals surface area contributed by atoms with E-state index in [4.69, 9.17) is 4.74 Å². The summed E-state index contributed by atoms with van der Waals surface area (Å²) < 4.78 is 33.0. The fraction of sp³-hybridized carbons (Fsp3) is 0.462. The molecule has 2 rings (SSSR count). The molecule has 98 valence electrons. The van der Waals surface area contributed by atoms with Gasteiger partial charge in [0.25, 0.3) is 0 Å². The first-order valence-electron chi connectivity index (χ1n) is 6.01. The summed E-state index contributed by atoms with van der Waals surface area (Å²) >= 11 is 0. The number of aryl methyl sites for hydroxylation is 1. The van der Waals surface area contributed by atoms with E-state index in [1.165, 1.54) is 6.07 Å². The maximum atomic E-state index is 13.2. The average Bonchev–Trinajstić information content (AvgIpc) is 2.72. The maximum Gasteiger partial charge on any atom is 0.161 e. The van der Waals surface area contributed by atoms with Crippen molar-refractivity contribution in [3.8, 4) is 0 Å². The zero-order chi connectivity index (χ0) is 13.0. The first-order valence-corrected chi connectivity index (χ1v) is 6.01. The third-order valence-corrected chi connectivity index (χ3v) is 2.91. The molecule has 0 saturated carbocycles. The Kier molecular flexibility index (Phi) is 4.25. The van der Waals surface area contributed by atoms with Gasteiger partial charge in [0, 0.05) is 32.4 Å². The number of unbranched alkanes of at least 4 members (excludes halogenated alkanes) is 2. The van der Waals surface area contributed by atoms with Crippen molar-refractivity contribution < 1.29 is 13.5 Å². The Morgan fingerprint density at radius 1 is 1.17 bits per heavy atom. The predicted molar refractivity (Wildman–Crippen MR) is 65.4 cm³/mol. The quantitative estimate of drug-likeness (QED) is 0.740. The fourth-order valence-electron chi connectivity index (χ4n) is 1.94. The molecule has 1 aromatic carbocycles. The second-order valence-corrected chi connectivity index (χ2v) is 4.25. The highest BCUT2D eigenvalue weighted by Gasteiger charge is 2.08. The molecule has 1 heterocycles. The van der Waals surface area contributed by atoms with Crippen molar-refractivity contribution in [2.24, 2.45) is 0 Å². The molecule has 1 aromatic heterocycles. The van der Waals surface area contributed by atoms with Crippen LogP contribution in [0.3, 0.4) is 0 Å². The minimum absolute atomic E-state index is 0.491. The summed E-state index contributed by atoms with van der Waals surface area (Å²) in [5.41, 5.74) is 1.13. The molecule has 0 amide bonds. The Labute approximate surface area is 104 Å². The van der Waals surface area contributed by atoms with E-state index >= 15 is 0 Å². The summed E-state index contributed by atoms with van der Waals surface area (Å²) in [6.45, 7) is 1.51. The number of aromatic nitrogens is 2. The minimum atomic E-state index is -0.854. The van der Waals surface area contributed by atoms with Crippen LogP contribution in [0.25, 0.3) is 11.0 Å². The third-order valence-electron chi connectivity index (χ3n) is 2.91. The highest BCUT2D eigenvalue weighted by Crippen LogP contribution is 2.18. The standard InChI is InChI=1S/C13H16F2N2O/c1-18-6-4-2-3-5-17-9-16-12-7-10(14)11(15)8-13(12)17/h7-9H,2-6H2,1H3. The van der Waals surface area contributed by atoms with Crippen LogP contribution in [-0.2, 0) is 11.3 Å². The molecule has 0 N–H and O–H groups in total. The number of benzene rings is 1. The van der Waals surface area contributed by atoms with Crippen LogP contribution < -0.4 is 0 Å². The largest absolute Gasteiger partial charge is 0.385 e. The van der Waals surface area contributed by atoms with Crippen molar-refractivity contribution in [3.05, 3.63) is 30.1 Å². The summed E-state index contributed by atoms with van der Waals surface area (Å²) in [7, 11) is 1.68. The van der Waals surface area contributed by atoms with Gasteiger partial charge >= 0.3 is 0 Å². The number of nitrogens with zero attached hydrogens (tertiary/aromatic N) is 2. The van der Waals surface area contributed by atoms with Gasteiger partial charge in [0.2, 0.25) is 0 Å². The van der Waals surface area contributed by atoms with E-state index in [1.54, 1.807) is 13.4 Å². The number of halogens is 2. The first-order chi connectivity index (χ1) is 8.72. The van der Waals surface area contributed by atoms with Crippen LogP contribution >= 0.6 is 0 Å². The number of imidazole rings is 1. The molecule has 0 aliphatic carbocycles. The third kappa shape index (κ3) is 2.85. The van der Waals surface area contributed by atoms with Crippen molar-refractivity contribution >= 4 is 11.0 Å². The van der Waals surface area contributed by atoms with Gasteiger partial charge in [-0.05, 0) is 19.3 Å². The predicted octanol–water partition coefficient (Wildman–Crippen LogP) is 3.13. The molecular weight excluding hydrogens is 238 g/mol. The van der Waals surface area contributed by atoms with Crippen molar-refractivity contribution in [2.75, 3.05) is 13.7 Å². The van der Waals surface area contributed by atoms with Crippen LogP contribution in [0.5, 0.6) is 0 Å². The van der Waals surface area contributed by atoms with E-state index in [9.17, 15) is 8.78 Å². The van der Waals surface area contributed by atoms with Gasteiger partial charge in [-0.15, -0.1) is 0 Å². The molecule has 0 spiro atoms. The Hall–Kier alpha value is -1.49. The topological polar surface area (TPSA) is 27.1 Å². The molecule has 0 bridgehead atoms. The fourth-order valence-corrected chi connectivity index (χ4v) is 1.94. The zero-order valence-electron chi connectivity index (χ0n) is 10.3. The highest BCUT2D eigenvalue weighted by atomic mass is 19.2. The molecular formula is C13H16F2N2O. The lowest BCUT2D eigenvalue weighted by molar-refractivity contribution is 0.191. The van der Waals surface area contributed by atoms with Crippen molar-refractivity contribution in [1.29, 1.82) is 0 Å². The maximum absolute atomic E-state index is 13.2. The van der Waals surface area contributed by atoms with Crippen LogP contribution in [0.1, 0.15) is 19.3 Å². The number of fused-ring (bicyclic) bond motifs is 1. The van der Waals surface area contributed by atoms with E-state index in [0.29, 0.717) is 11.0 Å². The lowest BCUT2D eigenvalue weighted by atomic mass is 10.2. The molecule has 0 aliphatic heterocycles. The number of ether oxygens (including phenoxy) is 1. The summed E-state index contributed by atoms with van der Waals surface area (Å²) in [5.74, 6) is -1.68. The van der Waals surface area contributed by atoms with Gasteiger partial charge in [0.05, 0.1) is 17.4 Å². The smallest absolute Gasteiger partial charge is 0.161 e. The number of hydrogen-bond acceptors (Lipinski definition) is 2. The van der Waals surface area contributed by atoms with Crippen LogP contribution in [0.4, 0.5) is 8.78 Å². The van der Waals surface area contributed by atoms with Gasteiger partial charge in [-0.25, -0.2) is 13.8 Å². The summed E-state index contributed by atoms with van der Waals surface area (Å²) in [5, 5.41) is 0. The van der Waals surface area contributed by atoms with Gasteiger partial charge in [0.1, 0.15) is 0 Å². The number of hydrogen-bond donors (Lipinski definition) is 0. The Morgan fingerprint density at radius 3 is 2.72 bits per heavy atom. The highest BCUT2D eigenvalue weighted by molar-refractivity contribution is 5.75. The number of methoxy groups -OCH3 is 1. The normalized spacial score (nSPS) is 11.3. The van der Waals surface area contributed by atoms with Crippen LogP contribution in [-0.4, -0.2) is 23.3 Å². The Morgan fingerprint density at radius 2 is 1.94 bits per heavy atom. The average molecular weight is 254 g/mol. The molecule has 0 saturated heterocycles. The molecule has 0 fully saturated rings. The van der Waals surface area contributed by atoms with E-state index in [-0.39, 0.29) is 0 Å². The van der Waals surface area contributed by atoms with E-state index in [0.717, 1.165) is 38.5 Å². The summed E-state index contributed by atoms with van der Waals surface area (Å²) in [4.78, 5) is 4.07. The van der Waals surface area contributed by atoms with Gasteiger partial charge in [0.15, 0.2) is 11.6 Å². The number of rotatable bonds is 6. The van der Waals surface area contributed by atoms with Crippen molar-refractivity contribution in [1.82, 2.24) is 9.55 Å². The SMILES string of the molecule is COCCCCCn1cnc2cc(F)c(F)cc21. The summed E-state index contributed by atoms with van der Waals surface area (Å²) in [6.07, 6.45) is 4.64. The second-order valence-electron chi connectivity index (χ2n) is 4.25. The van der Waals surface area contributed by atoms with Crippen molar-refractivity contribution in [2.45, 2.75) is 25.8 Å². The minimum Gasteiger partial charge on any atom is -0.385 e. The summed E-state index contributed by atoms with van der Waals surface area (Å²) in [6, 6.07) is 2.33. The molecule has 0 atom stereocenters. The van der Waals surface area contributed by atoms with Crippen LogP contribution in [0, 0.1) is 11.6 Å². The van der Waals surface area contributed by atoms with Gasteiger partial charge in [-0.1, -0.05) is 0 Å². The molecule has 0 unspecified atom stereocenters. The van der Waals surface area contributed by atoms with E-state index in [1.807, 2.05) is 4.57 Å². The Balaban J connectivity index is 2.03. The van der Waals surface area contributed by atoms with Gasteiger partial charge in [-0.2, -0.15) is 0 Å². The lowest BCUT2D eigenvalue weighted by Crippen LogP contribution is -1.98. The Bertz CT molecular complexity index is 525. The molecule has 2 aromatic rings. The molecule has 3 nitrogen and oxygen atoms in total.